The fourth-order valence-electron chi connectivity index (χ4n) is 13.7. The van der Waals surface area contributed by atoms with Crippen molar-refractivity contribution in [3.8, 4) is 85.5 Å². The van der Waals surface area contributed by atoms with Gasteiger partial charge in [0.1, 0.15) is 11.6 Å². The molecule has 0 aliphatic heterocycles. The molecule has 0 fully saturated rings. The first-order valence-electron chi connectivity index (χ1n) is 29.4. The number of rotatable bonds is 9. The second-order valence-electron chi connectivity index (χ2n) is 22.1. The van der Waals surface area contributed by atoms with E-state index in [-0.39, 0.29) is 0 Å². The summed E-state index contributed by atoms with van der Waals surface area (Å²) >= 11 is 0. The first kappa shape index (κ1) is 50.5. The minimum Gasteiger partial charge on any atom is -0.306 e. The van der Waals surface area contributed by atoms with Gasteiger partial charge in [0.05, 0.1) is 66.9 Å². The average molecular weight is 1150 g/mol. The molecule has 9 heterocycles. The lowest BCUT2D eigenvalue weighted by Crippen LogP contribution is -2.16. The number of benzene rings is 9. The number of nitriles is 1. The van der Waals surface area contributed by atoms with Crippen LogP contribution in [-0.4, -0.2) is 63.1 Å². The number of hydrogen-bond donors (Lipinski definition) is 0. The molecule has 0 saturated heterocycles. The highest BCUT2D eigenvalue weighted by molar-refractivity contribution is 6.18. The molecule has 0 N–H and O–H groups in total. The molecule has 0 spiro atoms. The van der Waals surface area contributed by atoms with Crippen molar-refractivity contribution in [3.63, 3.8) is 0 Å². The highest BCUT2D eigenvalue weighted by Gasteiger charge is 2.35. The van der Waals surface area contributed by atoms with Gasteiger partial charge >= 0.3 is 0 Å². The number of pyridine rings is 1. The maximum absolute atomic E-state index is 13.1. The minimum absolute atomic E-state index is 0.424. The van der Waals surface area contributed by atoms with Crippen LogP contribution in [0.2, 0.25) is 0 Å². The molecule has 0 radical (unpaired) electrons. The molecule has 14 heteroatoms. The van der Waals surface area contributed by atoms with Crippen LogP contribution in [0.15, 0.2) is 268 Å². The van der Waals surface area contributed by atoms with Crippen molar-refractivity contribution < 1.29 is 0 Å². The predicted molar refractivity (Wildman–Crippen MR) is 356 cm³/mol. The van der Waals surface area contributed by atoms with Gasteiger partial charge in [-0.05, 0) is 139 Å². The minimum atomic E-state index is 0.424. The van der Waals surface area contributed by atoms with Crippen molar-refractivity contribution in [1.29, 1.82) is 5.26 Å². The summed E-state index contributed by atoms with van der Waals surface area (Å²) in [7, 11) is 0. The Kier molecular flexibility index (Phi) is 11.3. The normalized spacial score (nSPS) is 11.8. The molecule has 0 amide bonds. The second kappa shape index (κ2) is 20.1. The van der Waals surface area contributed by atoms with E-state index in [1.54, 1.807) is 49.6 Å². The van der Waals surface area contributed by atoms with Crippen LogP contribution in [0, 0.1) is 11.3 Å². The van der Waals surface area contributed by atoms with Crippen molar-refractivity contribution in [2.45, 2.75) is 0 Å². The molecule has 9 aromatic heterocycles. The van der Waals surface area contributed by atoms with Gasteiger partial charge in [0.25, 0.3) is 0 Å². The second-order valence-corrected chi connectivity index (χ2v) is 22.1. The molecule has 418 valence electrons. The van der Waals surface area contributed by atoms with Crippen molar-refractivity contribution in [2.75, 3.05) is 0 Å². The van der Waals surface area contributed by atoms with Gasteiger partial charge in [0, 0.05) is 133 Å². The Hall–Kier alpha value is -12.9. The summed E-state index contributed by atoms with van der Waals surface area (Å²) in [4.78, 5) is 42.8. The van der Waals surface area contributed by atoms with E-state index in [0.717, 1.165) is 132 Å². The van der Waals surface area contributed by atoms with Gasteiger partial charge in [0.2, 0.25) is 0 Å². The number of fused-ring (bicyclic) bond motifs is 12. The van der Waals surface area contributed by atoms with Crippen molar-refractivity contribution in [1.82, 2.24) is 63.1 Å². The number of para-hydroxylation sites is 4. The Balaban J connectivity index is 1.12. The van der Waals surface area contributed by atoms with Gasteiger partial charge in [-0.25, -0.2) is 39.9 Å². The number of nitrogens with zero attached hydrogens (tertiary/aromatic N) is 14. The van der Waals surface area contributed by atoms with E-state index >= 15 is 0 Å². The van der Waals surface area contributed by atoms with Crippen LogP contribution >= 0.6 is 0 Å². The Morgan fingerprint density at radius 2 is 0.511 bits per heavy atom. The molecule has 0 aliphatic carbocycles. The Labute approximate surface area is 512 Å². The van der Waals surface area contributed by atoms with Gasteiger partial charge in [-0.2, -0.15) is 5.26 Å². The summed E-state index contributed by atoms with van der Waals surface area (Å²) in [6.45, 7) is 0. The van der Waals surface area contributed by atoms with E-state index in [9.17, 15) is 5.26 Å². The van der Waals surface area contributed by atoms with Crippen molar-refractivity contribution in [3.05, 3.63) is 274 Å². The van der Waals surface area contributed by atoms with Crippen LogP contribution < -0.4 is 0 Å². The maximum atomic E-state index is 13.1. The monoisotopic (exact) mass is 1150 g/mol. The predicted octanol–water partition coefficient (Wildman–Crippen LogP) is 16.8. The lowest BCUT2D eigenvalue weighted by molar-refractivity contribution is 1.04. The first-order valence-corrected chi connectivity index (χ1v) is 29.4. The SMILES string of the molecule is N#Cc1c(-n2c3ccccc3c3ccccc32)c(-n2c3ccc(-c4ncccn4)cc3c3cc(-c4ncccn4)ccc32)c(-c2ccncc2)c(-n2c3ccc(-c4ncccn4)cc3c3cc(-c4ncccn4)ccc32)c1-n1c2ccccc2c2ccccc21. The highest BCUT2D eigenvalue weighted by Crippen LogP contribution is 2.52. The molecule has 18 aromatic rings. The average Bonchev–Trinajstić information content (AvgIpc) is 1.47. The van der Waals surface area contributed by atoms with E-state index in [4.69, 9.17) is 44.9 Å². The van der Waals surface area contributed by atoms with Crippen molar-refractivity contribution in [2.24, 2.45) is 0 Å². The van der Waals surface area contributed by atoms with Crippen LogP contribution in [0.3, 0.4) is 0 Å². The van der Waals surface area contributed by atoms with E-state index in [1.165, 1.54) is 0 Å². The third-order valence-electron chi connectivity index (χ3n) is 17.4. The topological polar surface area (TPSA) is 160 Å². The van der Waals surface area contributed by atoms with E-state index in [2.05, 4.69) is 206 Å². The van der Waals surface area contributed by atoms with Gasteiger partial charge in [-0.1, -0.05) is 72.8 Å². The quantitative estimate of drug-likeness (QED) is 0.136. The van der Waals surface area contributed by atoms with Gasteiger partial charge in [0.15, 0.2) is 23.3 Å². The fraction of sp³-hybridized carbons (Fsp3) is 0. The summed E-state index contributed by atoms with van der Waals surface area (Å²) in [5.41, 5.74) is 15.5. The maximum Gasteiger partial charge on any atom is 0.159 e. The highest BCUT2D eigenvalue weighted by atomic mass is 15.1. The first-order chi connectivity index (χ1) is 44.7. The largest absolute Gasteiger partial charge is 0.306 e. The summed E-state index contributed by atoms with van der Waals surface area (Å²) in [6.07, 6.45) is 17.9. The van der Waals surface area contributed by atoms with Crippen molar-refractivity contribution >= 4 is 87.2 Å². The zero-order valence-electron chi connectivity index (χ0n) is 47.7. The summed E-state index contributed by atoms with van der Waals surface area (Å²) in [5.74, 6) is 2.36. The molecule has 0 atom stereocenters. The zero-order valence-corrected chi connectivity index (χ0v) is 47.7. The Bertz CT molecular complexity index is 5330. The summed E-state index contributed by atoms with van der Waals surface area (Å²) in [5, 5.41) is 21.0. The van der Waals surface area contributed by atoms with Crippen LogP contribution in [-0.2, 0) is 0 Å². The molecule has 18 rings (SSSR count). The van der Waals surface area contributed by atoms with Crippen LogP contribution in [0.5, 0.6) is 0 Å². The molecular weight excluding hydrogens is 1110 g/mol. The zero-order chi connectivity index (χ0) is 59.4. The number of hydrogen-bond acceptors (Lipinski definition) is 10. The molecule has 0 saturated carbocycles. The third kappa shape index (κ3) is 7.60. The van der Waals surface area contributed by atoms with Gasteiger partial charge < -0.3 is 18.3 Å². The fourth-order valence-corrected chi connectivity index (χ4v) is 13.7. The third-order valence-corrected chi connectivity index (χ3v) is 17.4. The smallest absolute Gasteiger partial charge is 0.159 e. The molecule has 14 nitrogen and oxygen atoms in total. The molecule has 0 unspecified atom stereocenters. The van der Waals surface area contributed by atoms with Crippen LogP contribution in [0.4, 0.5) is 0 Å². The standard InChI is InChI=1S/C76H44N14/c77-45-59-69(87-60-17-5-1-13-51(60)52-14-2-6-18-61(52)87)71(89-64-25-21-47(73-79-31-9-32-80-73)41-55(64)56-42-48(22-26-65(56)89)74-81-33-10-34-82-74)68(46-29-39-78-40-30-46)72(70(59)88-62-19-7-3-15-53(62)54-16-4-8-20-63(54)88)90-66-27-23-49(75-83-35-11-36-84-75)43-57(66)58-44-50(24-28-67(58)90)76-85-37-12-38-86-76/h1-44H. The van der Waals surface area contributed by atoms with Crippen LogP contribution in [0.25, 0.3) is 167 Å². The van der Waals surface area contributed by atoms with E-state index < -0.39 is 0 Å². The molecule has 0 bridgehead atoms. The number of aromatic nitrogens is 13. The summed E-state index contributed by atoms with van der Waals surface area (Å²) in [6, 6.07) is 74.3. The Morgan fingerprint density at radius 3 is 0.800 bits per heavy atom. The van der Waals surface area contributed by atoms with Gasteiger partial charge in [-0.3, -0.25) is 4.98 Å². The molecule has 90 heavy (non-hydrogen) atoms. The van der Waals surface area contributed by atoms with E-state index in [1.807, 2.05) is 36.7 Å². The summed E-state index contributed by atoms with van der Waals surface area (Å²) < 4.78 is 9.39. The molecular formula is C76H44N14. The lowest BCUT2D eigenvalue weighted by atomic mass is 9.93. The molecule has 0 aliphatic rings. The van der Waals surface area contributed by atoms with E-state index in [0.29, 0.717) is 40.2 Å². The van der Waals surface area contributed by atoms with Gasteiger partial charge in [-0.15, -0.1) is 0 Å². The lowest BCUT2D eigenvalue weighted by Gasteiger charge is -2.29. The van der Waals surface area contributed by atoms with Crippen LogP contribution in [0.1, 0.15) is 5.56 Å². The molecule has 9 aromatic carbocycles. The Morgan fingerprint density at radius 1 is 0.244 bits per heavy atom.